The van der Waals surface area contributed by atoms with Crippen LogP contribution in [0.2, 0.25) is 0 Å². The maximum Gasteiger partial charge on any atom is 2.00 e. The molecule has 1 aliphatic rings. The second kappa shape index (κ2) is 14.4. The fourth-order valence-electron chi connectivity index (χ4n) is 7.87. The molecule has 10 rings (SSSR count). The summed E-state index contributed by atoms with van der Waals surface area (Å²) in [6.07, 6.45) is 1.92. The van der Waals surface area contributed by atoms with Crippen molar-refractivity contribution in [3.05, 3.63) is 194 Å². The van der Waals surface area contributed by atoms with Gasteiger partial charge in [0.1, 0.15) is 5.82 Å². The van der Waals surface area contributed by atoms with Gasteiger partial charge in [-0.15, -0.1) is 35.7 Å². The third kappa shape index (κ3) is 6.07. The van der Waals surface area contributed by atoms with Crippen LogP contribution in [0.4, 0.5) is 34.1 Å². The molecule has 0 atom stereocenters. The Labute approximate surface area is 335 Å². The summed E-state index contributed by atoms with van der Waals surface area (Å²) in [5, 5.41) is 2.28. The third-order valence-corrected chi connectivity index (χ3v) is 10.4. The van der Waals surface area contributed by atoms with Gasteiger partial charge in [-0.25, -0.2) is 4.98 Å². The van der Waals surface area contributed by atoms with Gasteiger partial charge in [0.2, 0.25) is 0 Å². The van der Waals surface area contributed by atoms with E-state index in [0.717, 1.165) is 68.2 Å². The molecular formula is C49H35N5Pt. The summed E-state index contributed by atoms with van der Waals surface area (Å²) < 4.78 is 2.25. The van der Waals surface area contributed by atoms with Crippen molar-refractivity contribution in [2.75, 3.05) is 28.4 Å². The molecule has 55 heavy (non-hydrogen) atoms. The normalized spacial score (nSPS) is 12.2. The molecule has 2 aromatic heterocycles. The van der Waals surface area contributed by atoms with Gasteiger partial charge in [-0.05, 0) is 70.1 Å². The molecule has 1 aliphatic heterocycles. The SMILES string of the molecule is CN1CN(c2[c-]c(N(c3[c-]c4c(cc3)c3ccccc3n4-c3cc(-c4ccccc4-c4ccccc4)ccn3)c3ccccc3)ccc2)c2ccccc21.[Pt+2]. The summed E-state index contributed by atoms with van der Waals surface area (Å²) in [6.45, 7) is 0.755. The van der Waals surface area contributed by atoms with Crippen LogP contribution >= 0.6 is 0 Å². The van der Waals surface area contributed by atoms with E-state index in [2.05, 4.69) is 214 Å². The Morgan fingerprint density at radius 2 is 1.24 bits per heavy atom. The van der Waals surface area contributed by atoms with Crippen molar-refractivity contribution >= 4 is 55.9 Å². The van der Waals surface area contributed by atoms with Gasteiger partial charge >= 0.3 is 21.1 Å². The first kappa shape index (κ1) is 34.4. The smallest absolute Gasteiger partial charge is 0.358 e. The molecule has 3 heterocycles. The quantitative estimate of drug-likeness (QED) is 0.149. The average Bonchev–Trinajstić information content (AvgIpc) is 3.76. The first-order valence-electron chi connectivity index (χ1n) is 18.2. The number of para-hydroxylation sites is 4. The fourth-order valence-corrected chi connectivity index (χ4v) is 7.87. The predicted molar refractivity (Wildman–Crippen MR) is 224 cm³/mol. The number of rotatable bonds is 7. The van der Waals surface area contributed by atoms with Gasteiger partial charge in [-0.3, -0.25) is 0 Å². The van der Waals surface area contributed by atoms with Gasteiger partial charge in [0.25, 0.3) is 0 Å². The van der Waals surface area contributed by atoms with Crippen molar-refractivity contribution in [2.24, 2.45) is 0 Å². The molecule has 0 saturated carbocycles. The molecule has 7 aromatic carbocycles. The van der Waals surface area contributed by atoms with Crippen molar-refractivity contribution in [3.8, 4) is 28.1 Å². The molecule has 0 N–H and O–H groups in total. The van der Waals surface area contributed by atoms with E-state index in [1.165, 1.54) is 22.5 Å². The molecule has 9 aromatic rings. The summed E-state index contributed by atoms with van der Waals surface area (Å²) in [7, 11) is 2.13. The van der Waals surface area contributed by atoms with Crippen molar-refractivity contribution in [2.45, 2.75) is 0 Å². The van der Waals surface area contributed by atoms with E-state index >= 15 is 0 Å². The molecule has 0 amide bonds. The minimum absolute atomic E-state index is 0. The standard InChI is InChI=1S/C49H35N5.Pt/c1-51-34-52(47-26-13-12-25-46(47)51)38-19-14-20-39(32-38)53(37-17-6-3-7-18-37)40-27-28-44-43-23-10-11-24-45(43)54(48(44)33-40)49-31-36(29-30-50-49)42-22-9-8-21-41(42)35-15-4-2-5-16-35;/h2-31H,34H2,1H3;/q-2;+2. The van der Waals surface area contributed by atoms with Crippen LogP contribution < -0.4 is 14.7 Å². The summed E-state index contributed by atoms with van der Waals surface area (Å²) in [4.78, 5) is 11.8. The maximum absolute atomic E-state index is 4.99. The van der Waals surface area contributed by atoms with Gasteiger partial charge in [0, 0.05) is 24.4 Å². The number of pyridine rings is 1. The second-order valence-electron chi connectivity index (χ2n) is 13.6. The fraction of sp³-hybridized carbons (Fsp3) is 0.0408. The number of aromatic nitrogens is 2. The van der Waals surface area contributed by atoms with Crippen LogP contribution in [0.5, 0.6) is 0 Å². The molecule has 0 unspecified atom stereocenters. The number of hydrogen-bond donors (Lipinski definition) is 0. The summed E-state index contributed by atoms with van der Waals surface area (Å²) in [5.41, 5.74) is 13.0. The first-order chi connectivity index (χ1) is 26.7. The van der Waals surface area contributed by atoms with Crippen molar-refractivity contribution < 1.29 is 21.1 Å². The van der Waals surface area contributed by atoms with E-state index in [1.54, 1.807) is 0 Å². The number of benzene rings is 7. The zero-order chi connectivity index (χ0) is 36.0. The summed E-state index contributed by atoms with van der Waals surface area (Å²) in [5.74, 6) is 0.839. The minimum atomic E-state index is 0. The zero-order valence-electron chi connectivity index (χ0n) is 30.1. The van der Waals surface area contributed by atoms with Crippen LogP contribution in [-0.4, -0.2) is 23.3 Å². The van der Waals surface area contributed by atoms with Crippen LogP contribution in [0.15, 0.2) is 182 Å². The third-order valence-electron chi connectivity index (χ3n) is 10.4. The Bertz CT molecular complexity index is 2800. The molecular weight excluding hydrogens is 854 g/mol. The molecule has 0 bridgehead atoms. The topological polar surface area (TPSA) is 27.5 Å². The molecule has 0 spiro atoms. The Morgan fingerprint density at radius 3 is 2.05 bits per heavy atom. The molecule has 5 nitrogen and oxygen atoms in total. The zero-order valence-corrected chi connectivity index (χ0v) is 32.4. The summed E-state index contributed by atoms with van der Waals surface area (Å²) >= 11 is 0. The van der Waals surface area contributed by atoms with Gasteiger partial charge in [-0.2, -0.15) is 12.1 Å². The van der Waals surface area contributed by atoms with E-state index in [-0.39, 0.29) is 21.1 Å². The maximum atomic E-state index is 4.99. The van der Waals surface area contributed by atoms with Gasteiger partial charge in [-0.1, -0.05) is 126 Å². The van der Waals surface area contributed by atoms with Crippen LogP contribution in [0.1, 0.15) is 0 Å². The van der Waals surface area contributed by atoms with E-state index in [9.17, 15) is 0 Å². The van der Waals surface area contributed by atoms with Crippen LogP contribution in [0.25, 0.3) is 49.9 Å². The number of hydrogen-bond acceptors (Lipinski definition) is 4. The number of anilines is 6. The molecule has 6 heteroatoms. The molecule has 0 saturated heterocycles. The average molecular weight is 889 g/mol. The van der Waals surface area contributed by atoms with Crippen molar-refractivity contribution in [1.29, 1.82) is 0 Å². The molecule has 0 fully saturated rings. The van der Waals surface area contributed by atoms with E-state index in [0.29, 0.717) is 0 Å². The van der Waals surface area contributed by atoms with Crippen LogP contribution in [0.3, 0.4) is 0 Å². The summed E-state index contributed by atoms with van der Waals surface area (Å²) in [6, 6.07) is 69.5. The second-order valence-corrected chi connectivity index (χ2v) is 13.6. The van der Waals surface area contributed by atoms with E-state index < -0.39 is 0 Å². The van der Waals surface area contributed by atoms with Crippen molar-refractivity contribution in [1.82, 2.24) is 9.55 Å². The van der Waals surface area contributed by atoms with Crippen LogP contribution in [-0.2, 0) is 21.1 Å². The first-order valence-corrected chi connectivity index (χ1v) is 18.2. The van der Waals surface area contributed by atoms with Gasteiger partial charge < -0.3 is 19.3 Å². The van der Waals surface area contributed by atoms with Crippen molar-refractivity contribution in [3.63, 3.8) is 0 Å². The Balaban J connectivity index is 0.00000397. The number of nitrogens with zero attached hydrogens (tertiary/aromatic N) is 5. The number of fused-ring (bicyclic) bond motifs is 4. The van der Waals surface area contributed by atoms with Gasteiger partial charge in [0.05, 0.1) is 18.0 Å². The van der Waals surface area contributed by atoms with E-state index in [1.807, 2.05) is 6.20 Å². The minimum Gasteiger partial charge on any atom is -0.358 e. The van der Waals surface area contributed by atoms with E-state index in [4.69, 9.17) is 4.98 Å². The Hall–Kier alpha value is -6.42. The Kier molecular flexibility index (Phi) is 9.01. The largest absolute Gasteiger partial charge is 2.00 e. The van der Waals surface area contributed by atoms with Gasteiger partial charge in [0.15, 0.2) is 0 Å². The predicted octanol–water partition coefficient (Wildman–Crippen LogP) is 12.1. The monoisotopic (exact) mass is 888 g/mol. The van der Waals surface area contributed by atoms with Crippen LogP contribution in [0, 0.1) is 12.1 Å². The molecule has 266 valence electrons. The Morgan fingerprint density at radius 1 is 0.564 bits per heavy atom. The molecule has 0 radical (unpaired) electrons. The molecule has 0 aliphatic carbocycles.